The van der Waals surface area contributed by atoms with E-state index in [9.17, 15) is 19.7 Å². The molecule has 2 aromatic rings. The Balaban J connectivity index is 1.98. The molecule has 0 fully saturated rings. The van der Waals surface area contributed by atoms with E-state index in [2.05, 4.69) is 15.6 Å². The van der Waals surface area contributed by atoms with Gasteiger partial charge < -0.3 is 26.8 Å². The highest BCUT2D eigenvalue weighted by Crippen LogP contribution is 2.16. The van der Waals surface area contributed by atoms with Crippen molar-refractivity contribution in [2.45, 2.75) is 25.5 Å². The number of nitro groups is 1. The second-order valence-corrected chi connectivity index (χ2v) is 6.50. The van der Waals surface area contributed by atoms with Crippen molar-refractivity contribution in [2.75, 3.05) is 11.9 Å². The first kappa shape index (κ1) is 23.1. The molecular weight excluding hydrogens is 404 g/mol. The first-order valence-electron chi connectivity index (χ1n) is 9.43. The summed E-state index contributed by atoms with van der Waals surface area (Å²) in [5, 5.41) is 15.9. The molecule has 11 nitrogen and oxygen atoms in total. The highest BCUT2D eigenvalue weighted by Gasteiger charge is 2.21. The van der Waals surface area contributed by atoms with E-state index in [0.29, 0.717) is 12.1 Å². The number of anilines is 1. The number of hydrogen-bond acceptors (Lipinski definition) is 6. The molecule has 0 aromatic heterocycles. The molecule has 2 aromatic carbocycles. The van der Waals surface area contributed by atoms with Crippen LogP contribution in [0.2, 0.25) is 0 Å². The summed E-state index contributed by atoms with van der Waals surface area (Å²) in [6.45, 7) is 0.335. The number of non-ortho nitro benzene ring substituents is 1. The van der Waals surface area contributed by atoms with E-state index in [1.165, 1.54) is 24.3 Å². The van der Waals surface area contributed by atoms with Crippen LogP contribution in [0, 0.1) is 10.1 Å². The molecule has 0 aliphatic rings. The quantitative estimate of drug-likeness (QED) is 0.147. The van der Waals surface area contributed by atoms with Crippen molar-refractivity contribution < 1.29 is 19.2 Å². The summed E-state index contributed by atoms with van der Waals surface area (Å²) in [4.78, 5) is 38.9. The van der Waals surface area contributed by atoms with E-state index in [4.69, 9.17) is 16.2 Å². The van der Waals surface area contributed by atoms with E-state index in [1.54, 1.807) is 12.1 Å². The molecule has 0 spiro atoms. The van der Waals surface area contributed by atoms with Gasteiger partial charge in [0.05, 0.1) is 4.92 Å². The van der Waals surface area contributed by atoms with Crippen molar-refractivity contribution in [2.24, 2.45) is 16.5 Å². The van der Waals surface area contributed by atoms with Crippen LogP contribution in [0.1, 0.15) is 18.4 Å². The Morgan fingerprint density at radius 1 is 1.10 bits per heavy atom. The lowest BCUT2D eigenvalue weighted by Gasteiger charge is -2.18. The Bertz CT molecular complexity index is 913. The molecule has 2 rings (SSSR count). The summed E-state index contributed by atoms with van der Waals surface area (Å²) in [6.07, 6.45) is -0.0832. The lowest BCUT2D eigenvalue weighted by atomic mass is 10.1. The van der Waals surface area contributed by atoms with Gasteiger partial charge >= 0.3 is 6.09 Å². The topological polar surface area (TPSA) is 175 Å². The number of hydrogen-bond donors (Lipinski definition) is 4. The summed E-state index contributed by atoms with van der Waals surface area (Å²) >= 11 is 0. The molecule has 11 heteroatoms. The summed E-state index contributed by atoms with van der Waals surface area (Å²) in [6, 6.07) is 13.5. The maximum Gasteiger partial charge on any atom is 0.408 e. The number of rotatable bonds is 10. The molecule has 6 N–H and O–H groups in total. The van der Waals surface area contributed by atoms with Gasteiger partial charge in [-0.25, -0.2) is 4.79 Å². The minimum Gasteiger partial charge on any atom is -0.445 e. The van der Waals surface area contributed by atoms with Crippen LogP contribution < -0.4 is 22.1 Å². The standard InChI is InChI=1S/C20H24N6O5/c21-19(22)23-12-4-7-17(25-20(28)31-13-14-5-2-1-3-6-14)18(27)24-15-8-10-16(11-9-15)26(29)30/h1-3,5-6,8-11,17H,4,7,12-13H2,(H,24,27)(H,25,28)(H4,21,22,23). The van der Waals surface area contributed by atoms with Crippen LogP contribution in [0.25, 0.3) is 0 Å². The monoisotopic (exact) mass is 428 g/mol. The Kier molecular flexibility index (Phi) is 8.77. The van der Waals surface area contributed by atoms with Crippen molar-refractivity contribution in [1.82, 2.24) is 5.32 Å². The number of benzene rings is 2. The van der Waals surface area contributed by atoms with E-state index >= 15 is 0 Å². The number of amides is 2. The number of nitrogens with zero attached hydrogens (tertiary/aromatic N) is 2. The van der Waals surface area contributed by atoms with Crippen molar-refractivity contribution >= 4 is 29.3 Å². The van der Waals surface area contributed by atoms with Gasteiger partial charge in [0.15, 0.2) is 5.96 Å². The molecule has 0 saturated heterocycles. The number of nitrogens with two attached hydrogens (primary N) is 2. The van der Waals surface area contributed by atoms with Gasteiger partial charge in [-0.15, -0.1) is 0 Å². The zero-order valence-corrected chi connectivity index (χ0v) is 16.7. The van der Waals surface area contributed by atoms with Gasteiger partial charge in [-0.1, -0.05) is 30.3 Å². The molecule has 164 valence electrons. The fourth-order valence-corrected chi connectivity index (χ4v) is 2.58. The zero-order chi connectivity index (χ0) is 22.6. The second-order valence-electron chi connectivity index (χ2n) is 6.50. The number of alkyl carbamates (subject to hydrolysis) is 1. The minimum atomic E-state index is -0.923. The number of carbonyl (C=O) groups excluding carboxylic acids is 2. The Morgan fingerprint density at radius 3 is 2.39 bits per heavy atom. The summed E-state index contributed by atoms with van der Waals surface area (Å²) in [5.41, 5.74) is 11.6. The average Bonchev–Trinajstić information content (AvgIpc) is 2.75. The molecule has 0 aliphatic heterocycles. The summed E-state index contributed by atoms with van der Waals surface area (Å²) < 4.78 is 5.17. The lowest BCUT2D eigenvalue weighted by Crippen LogP contribution is -2.44. The van der Waals surface area contributed by atoms with Crippen LogP contribution >= 0.6 is 0 Å². The van der Waals surface area contributed by atoms with Crippen molar-refractivity contribution in [3.63, 3.8) is 0 Å². The number of nitro benzene ring substituents is 1. The molecule has 0 heterocycles. The van der Waals surface area contributed by atoms with Crippen LogP contribution in [-0.4, -0.2) is 35.5 Å². The van der Waals surface area contributed by atoms with Crippen molar-refractivity contribution in [3.05, 3.63) is 70.3 Å². The third kappa shape index (κ3) is 8.40. The molecule has 0 saturated carbocycles. The molecule has 2 amide bonds. The zero-order valence-electron chi connectivity index (χ0n) is 16.7. The van der Waals surface area contributed by atoms with Crippen LogP contribution in [-0.2, 0) is 16.1 Å². The van der Waals surface area contributed by atoms with E-state index in [0.717, 1.165) is 5.56 Å². The predicted octanol–water partition coefficient (Wildman–Crippen LogP) is 1.88. The first-order chi connectivity index (χ1) is 14.8. The molecule has 1 atom stereocenters. The normalized spacial score (nSPS) is 11.1. The van der Waals surface area contributed by atoms with Crippen molar-refractivity contribution in [1.29, 1.82) is 0 Å². The SMILES string of the molecule is NC(N)=NCCCC(NC(=O)OCc1ccccc1)C(=O)Nc1ccc([N+](=O)[O-])cc1. The third-order valence-electron chi connectivity index (χ3n) is 4.11. The molecular formula is C20H24N6O5. The van der Waals surface area contributed by atoms with Gasteiger partial charge in [-0.05, 0) is 30.5 Å². The number of carbonyl (C=O) groups is 2. The minimum absolute atomic E-state index is 0.0529. The summed E-state index contributed by atoms with van der Waals surface area (Å²) in [5.74, 6) is -0.572. The van der Waals surface area contributed by atoms with E-state index < -0.39 is 23.0 Å². The van der Waals surface area contributed by atoms with Gasteiger partial charge in [-0.2, -0.15) is 0 Å². The van der Waals surface area contributed by atoms with Crippen LogP contribution in [0.5, 0.6) is 0 Å². The highest BCUT2D eigenvalue weighted by molar-refractivity contribution is 5.96. The van der Waals surface area contributed by atoms with Gasteiger partial charge in [-0.3, -0.25) is 19.9 Å². The number of aliphatic imine (C=N–C) groups is 1. The average molecular weight is 428 g/mol. The predicted molar refractivity (Wildman–Crippen MR) is 115 cm³/mol. The molecule has 0 aliphatic carbocycles. The van der Waals surface area contributed by atoms with Gasteiger partial charge in [0.2, 0.25) is 5.91 Å². The van der Waals surface area contributed by atoms with Crippen LogP contribution in [0.15, 0.2) is 59.6 Å². The van der Waals surface area contributed by atoms with Crippen LogP contribution in [0.3, 0.4) is 0 Å². The maximum atomic E-state index is 12.7. The smallest absolute Gasteiger partial charge is 0.408 e. The number of nitrogens with one attached hydrogen (secondary N) is 2. The first-order valence-corrected chi connectivity index (χ1v) is 9.43. The van der Waals surface area contributed by atoms with E-state index in [1.807, 2.05) is 18.2 Å². The fourth-order valence-electron chi connectivity index (χ4n) is 2.58. The Hall–Kier alpha value is -4.15. The second kappa shape index (κ2) is 11.8. The number of ether oxygens (including phenoxy) is 1. The van der Waals surface area contributed by atoms with Gasteiger partial charge in [0, 0.05) is 24.4 Å². The molecule has 1 unspecified atom stereocenters. The maximum absolute atomic E-state index is 12.7. The van der Waals surface area contributed by atoms with Crippen LogP contribution in [0.4, 0.5) is 16.2 Å². The lowest BCUT2D eigenvalue weighted by molar-refractivity contribution is -0.384. The molecule has 31 heavy (non-hydrogen) atoms. The summed E-state index contributed by atoms with van der Waals surface area (Å²) in [7, 11) is 0. The van der Waals surface area contributed by atoms with Crippen molar-refractivity contribution in [3.8, 4) is 0 Å². The Morgan fingerprint density at radius 2 is 1.77 bits per heavy atom. The molecule has 0 bridgehead atoms. The van der Waals surface area contributed by atoms with Gasteiger partial charge in [0.1, 0.15) is 12.6 Å². The van der Waals surface area contributed by atoms with Gasteiger partial charge in [0.25, 0.3) is 5.69 Å². The Labute approximate surface area is 178 Å². The molecule has 0 radical (unpaired) electrons. The number of guanidine groups is 1. The van der Waals surface area contributed by atoms with E-state index in [-0.39, 0.29) is 31.2 Å². The fraction of sp³-hybridized carbons (Fsp3) is 0.250. The highest BCUT2D eigenvalue weighted by atomic mass is 16.6. The largest absolute Gasteiger partial charge is 0.445 e. The third-order valence-corrected chi connectivity index (χ3v) is 4.11.